The van der Waals surface area contributed by atoms with Gasteiger partial charge in [0.15, 0.2) is 0 Å². The van der Waals surface area contributed by atoms with E-state index in [0.29, 0.717) is 32.6 Å². The lowest BCUT2D eigenvalue weighted by atomic mass is 10.1. The van der Waals surface area contributed by atoms with E-state index in [-0.39, 0.29) is 30.0 Å². The third-order valence-corrected chi connectivity index (χ3v) is 6.66. The third kappa shape index (κ3) is 4.07. The van der Waals surface area contributed by atoms with Crippen LogP contribution < -0.4 is 4.90 Å². The number of amides is 2. The maximum atomic E-state index is 13.6. The first kappa shape index (κ1) is 20.5. The van der Waals surface area contributed by atoms with E-state index in [4.69, 9.17) is 0 Å². The molecule has 3 aromatic rings. The van der Waals surface area contributed by atoms with Gasteiger partial charge < -0.3 is 19.7 Å². The summed E-state index contributed by atoms with van der Waals surface area (Å²) in [7, 11) is 0. The Hall–Kier alpha value is -3.35. The molecular weight excluding hydrogens is 407 g/mol. The van der Waals surface area contributed by atoms with E-state index in [1.54, 1.807) is 11.0 Å². The molecule has 0 radical (unpaired) electrons. The molecular formula is C25H27FN4O2. The quantitative estimate of drug-likeness (QED) is 0.672. The molecule has 5 rings (SSSR count). The molecule has 2 aliphatic heterocycles. The normalized spacial score (nSPS) is 19.2. The average Bonchev–Trinajstić information content (AvgIpc) is 3.40. The van der Waals surface area contributed by atoms with Crippen LogP contribution in [0.15, 0.2) is 54.7 Å². The van der Waals surface area contributed by atoms with Crippen LogP contribution in [0.1, 0.15) is 12.0 Å². The first-order valence-corrected chi connectivity index (χ1v) is 11.2. The number of hydrogen-bond acceptors (Lipinski definition) is 3. The molecule has 1 atom stereocenters. The van der Waals surface area contributed by atoms with Crippen molar-refractivity contribution in [3.05, 3.63) is 66.1 Å². The van der Waals surface area contributed by atoms with Crippen molar-refractivity contribution in [2.24, 2.45) is 5.92 Å². The van der Waals surface area contributed by atoms with Gasteiger partial charge in [-0.2, -0.15) is 0 Å². The minimum atomic E-state index is -0.272. The van der Waals surface area contributed by atoms with Gasteiger partial charge in [0, 0.05) is 68.5 Å². The van der Waals surface area contributed by atoms with Gasteiger partial charge in [-0.3, -0.25) is 9.59 Å². The molecule has 2 fully saturated rings. The maximum Gasteiger partial charge on any atom is 0.228 e. The zero-order valence-electron chi connectivity index (χ0n) is 18.0. The lowest BCUT2D eigenvalue weighted by Crippen LogP contribution is -2.50. The van der Waals surface area contributed by atoms with Crippen LogP contribution in [0.4, 0.5) is 10.1 Å². The van der Waals surface area contributed by atoms with Gasteiger partial charge in [0.2, 0.25) is 11.8 Å². The Kier molecular flexibility index (Phi) is 5.55. The third-order valence-electron chi connectivity index (χ3n) is 6.66. The highest BCUT2D eigenvalue weighted by Crippen LogP contribution is 2.24. The molecule has 2 aliphatic rings. The molecule has 2 amide bonds. The Morgan fingerprint density at radius 1 is 1.06 bits per heavy atom. The molecule has 0 saturated carbocycles. The van der Waals surface area contributed by atoms with Crippen LogP contribution in [-0.4, -0.2) is 65.9 Å². The molecule has 7 heteroatoms. The van der Waals surface area contributed by atoms with Crippen LogP contribution in [0.25, 0.3) is 10.9 Å². The lowest BCUT2D eigenvalue weighted by Gasteiger charge is -2.37. The first-order chi connectivity index (χ1) is 15.6. The number of carbonyl (C=O) groups excluding carboxylic acids is 2. The fourth-order valence-corrected chi connectivity index (χ4v) is 4.85. The standard InChI is InChI=1S/C25H27FN4O2/c26-20-6-7-23-22(15-20)18(16-27-23)8-9-30-17-19(14-24(30)31)25(32)29-12-10-28(11-13-29)21-4-2-1-3-5-21/h1-7,15-16,19,27H,8-14,17H2/t19-/m0/s1. The second kappa shape index (κ2) is 8.65. The number of anilines is 1. The predicted octanol–water partition coefficient (Wildman–Crippen LogP) is 3.05. The van der Waals surface area contributed by atoms with Crippen LogP contribution in [0, 0.1) is 11.7 Å². The summed E-state index contributed by atoms with van der Waals surface area (Å²) in [6.07, 6.45) is 2.78. The van der Waals surface area contributed by atoms with E-state index in [0.717, 1.165) is 29.6 Å². The monoisotopic (exact) mass is 434 g/mol. The Balaban J connectivity index is 1.16. The number of halogens is 1. The van der Waals surface area contributed by atoms with E-state index in [2.05, 4.69) is 22.0 Å². The molecule has 166 valence electrons. The van der Waals surface area contributed by atoms with Gasteiger partial charge >= 0.3 is 0 Å². The van der Waals surface area contributed by atoms with E-state index >= 15 is 0 Å². The number of aromatic amines is 1. The number of nitrogens with one attached hydrogen (secondary N) is 1. The summed E-state index contributed by atoms with van der Waals surface area (Å²) < 4.78 is 13.6. The van der Waals surface area contributed by atoms with Gasteiger partial charge in [0.25, 0.3) is 0 Å². The van der Waals surface area contributed by atoms with E-state index in [1.807, 2.05) is 29.3 Å². The van der Waals surface area contributed by atoms with Gasteiger partial charge in [0.05, 0.1) is 5.92 Å². The minimum absolute atomic E-state index is 0.0253. The van der Waals surface area contributed by atoms with E-state index in [9.17, 15) is 14.0 Å². The van der Waals surface area contributed by atoms with Crippen LogP contribution in [0.3, 0.4) is 0 Å². The topological polar surface area (TPSA) is 59.7 Å². The Labute approximate surface area is 186 Å². The molecule has 1 aromatic heterocycles. The number of fused-ring (bicyclic) bond motifs is 1. The van der Waals surface area contributed by atoms with Crippen molar-refractivity contribution in [2.75, 3.05) is 44.2 Å². The van der Waals surface area contributed by atoms with Crippen molar-refractivity contribution in [3.8, 4) is 0 Å². The van der Waals surface area contributed by atoms with Crippen molar-refractivity contribution < 1.29 is 14.0 Å². The fourth-order valence-electron chi connectivity index (χ4n) is 4.85. The number of para-hydroxylation sites is 1. The van der Waals surface area contributed by atoms with Crippen molar-refractivity contribution in [3.63, 3.8) is 0 Å². The summed E-state index contributed by atoms with van der Waals surface area (Å²) in [6, 6.07) is 14.9. The number of benzene rings is 2. The molecule has 0 aliphatic carbocycles. The SMILES string of the molecule is O=C1C[C@H](C(=O)N2CCN(c3ccccc3)CC2)CN1CCc1c[nH]c2ccc(F)cc12. The van der Waals surface area contributed by atoms with Crippen molar-refractivity contribution in [1.29, 1.82) is 0 Å². The van der Waals surface area contributed by atoms with Crippen molar-refractivity contribution >= 4 is 28.4 Å². The minimum Gasteiger partial charge on any atom is -0.368 e. The summed E-state index contributed by atoms with van der Waals surface area (Å²) in [5.41, 5.74) is 3.05. The van der Waals surface area contributed by atoms with Crippen LogP contribution in [0.5, 0.6) is 0 Å². The second-order valence-electron chi connectivity index (χ2n) is 8.64. The van der Waals surface area contributed by atoms with Gasteiger partial charge in [-0.25, -0.2) is 4.39 Å². The predicted molar refractivity (Wildman–Crippen MR) is 122 cm³/mol. The molecule has 2 aromatic carbocycles. The molecule has 3 heterocycles. The van der Waals surface area contributed by atoms with Gasteiger partial charge in [-0.15, -0.1) is 0 Å². The second-order valence-corrected chi connectivity index (χ2v) is 8.64. The zero-order valence-corrected chi connectivity index (χ0v) is 18.0. The van der Waals surface area contributed by atoms with Gasteiger partial charge in [-0.1, -0.05) is 18.2 Å². The van der Waals surface area contributed by atoms with Gasteiger partial charge in [-0.05, 0) is 42.3 Å². The molecule has 0 spiro atoms. The summed E-state index contributed by atoms with van der Waals surface area (Å²) in [4.78, 5) is 34.8. The van der Waals surface area contributed by atoms with E-state index < -0.39 is 0 Å². The van der Waals surface area contributed by atoms with Gasteiger partial charge in [0.1, 0.15) is 5.82 Å². The zero-order chi connectivity index (χ0) is 22.1. The Bertz CT molecular complexity index is 1120. The number of rotatable bonds is 5. The Morgan fingerprint density at radius 3 is 2.62 bits per heavy atom. The molecule has 0 unspecified atom stereocenters. The lowest BCUT2D eigenvalue weighted by molar-refractivity contribution is -0.136. The first-order valence-electron chi connectivity index (χ1n) is 11.2. The summed E-state index contributed by atoms with van der Waals surface area (Å²) in [5, 5.41) is 0.848. The highest BCUT2D eigenvalue weighted by molar-refractivity contribution is 5.89. The fraction of sp³-hybridized carbons (Fsp3) is 0.360. The highest BCUT2D eigenvalue weighted by Gasteiger charge is 2.37. The molecule has 6 nitrogen and oxygen atoms in total. The molecule has 0 bridgehead atoms. The van der Waals surface area contributed by atoms with Crippen LogP contribution in [0.2, 0.25) is 0 Å². The number of carbonyl (C=O) groups is 2. The average molecular weight is 435 g/mol. The van der Waals surface area contributed by atoms with Crippen LogP contribution >= 0.6 is 0 Å². The number of nitrogens with zero attached hydrogens (tertiary/aromatic N) is 3. The van der Waals surface area contributed by atoms with Crippen LogP contribution in [-0.2, 0) is 16.0 Å². The summed E-state index contributed by atoms with van der Waals surface area (Å²) >= 11 is 0. The van der Waals surface area contributed by atoms with Crippen molar-refractivity contribution in [2.45, 2.75) is 12.8 Å². The Morgan fingerprint density at radius 2 is 1.84 bits per heavy atom. The summed E-state index contributed by atoms with van der Waals surface area (Å²) in [5.74, 6) is -0.431. The number of aromatic nitrogens is 1. The van der Waals surface area contributed by atoms with E-state index in [1.165, 1.54) is 17.8 Å². The smallest absolute Gasteiger partial charge is 0.228 e. The molecule has 32 heavy (non-hydrogen) atoms. The number of H-pyrrole nitrogens is 1. The van der Waals surface area contributed by atoms with Crippen molar-refractivity contribution in [1.82, 2.24) is 14.8 Å². The number of hydrogen-bond donors (Lipinski definition) is 1. The molecule has 2 saturated heterocycles. The maximum absolute atomic E-state index is 13.6. The summed E-state index contributed by atoms with van der Waals surface area (Å²) in [6.45, 7) is 3.97. The molecule has 1 N–H and O–H groups in total. The largest absolute Gasteiger partial charge is 0.368 e. The number of likely N-dealkylation sites (tertiary alicyclic amines) is 1. The number of piperazine rings is 1. The highest BCUT2D eigenvalue weighted by atomic mass is 19.1.